The molecule has 8 atom stereocenters. The molecular weight excluding hydrogens is 396 g/mol. The molecule has 0 aliphatic heterocycles. The van der Waals surface area contributed by atoms with E-state index in [0.29, 0.717) is 11.3 Å². The number of hydrogen-bond donors (Lipinski definition) is 1. The number of aliphatic hydroxyl groups excluding tert-OH is 1. The lowest BCUT2D eigenvalue weighted by Gasteiger charge is -2.59. The average Bonchev–Trinajstić information content (AvgIpc) is 3.10. The van der Waals surface area contributed by atoms with E-state index in [1.54, 1.807) is 0 Å². The van der Waals surface area contributed by atoms with Crippen molar-refractivity contribution in [2.24, 2.45) is 46.3 Å². The summed E-state index contributed by atoms with van der Waals surface area (Å²) in [5, 5.41) is 10.7. The third-order valence-electron chi connectivity index (χ3n) is 10.6. The van der Waals surface area contributed by atoms with Gasteiger partial charge in [-0.3, -0.25) is 4.79 Å². The first kappa shape index (κ1) is 24.3. The molecule has 3 fully saturated rings. The van der Waals surface area contributed by atoms with Gasteiger partial charge in [-0.2, -0.15) is 0 Å². The minimum Gasteiger partial charge on any atom is -0.462 e. The van der Waals surface area contributed by atoms with Gasteiger partial charge >= 0.3 is 5.97 Å². The first-order valence-corrected chi connectivity index (χ1v) is 13.7. The first-order valence-electron chi connectivity index (χ1n) is 13.7. The second-order valence-corrected chi connectivity index (χ2v) is 12.7. The Morgan fingerprint density at radius 3 is 2.59 bits per heavy atom. The molecule has 0 radical (unpaired) electrons. The molecule has 0 saturated heterocycles. The summed E-state index contributed by atoms with van der Waals surface area (Å²) in [7, 11) is 0. The number of esters is 1. The fourth-order valence-corrected chi connectivity index (χ4v) is 9.08. The summed E-state index contributed by atoms with van der Waals surface area (Å²) < 4.78 is 5.58. The van der Waals surface area contributed by atoms with Crippen LogP contribution in [0.2, 0.25) is 0 Å². The van der Waals surface area contributed by atoms with Crippen molar-refractivity contribution in [2.75, 3.05) is 6.61 Å². The van der Waals surface area contributed by atoms with Crippen LogP contribution < -0.4 is 0 Å². The highest BCUT2D eigenvalue weighted by molar-refractivity contribution is 5.66. The highest BCUT2D eigenvalue weighted by atomic mass is 16.5. The molecule has 4 rings (SSSR count). The standard InChI is InChI=1S/C29H48O3/c1-19(2)7-6-8-20(3)25-11-12-26-24-10-9-22-17-23(32-21(4)31)13-16-29(22,18-30)27(24)14-15-28(25,26)5/h9,19-20,23-27,30H,6-8,10-18H2,1-5H3. The van der Waals surface area contributed by atoms with Gasteiger partial charge in [0.1, 0.15) is 6.10 Å². The molecule has 0 heterocycles. The predicted molar refractivity (Wildman–Crippen MR) is 130 cm³/mol. The van der Waals surface area contributed by atoms with E-state index in [1.165, 1.54) is 63.9 Å². The van der Waals surface area contributed by atoms with E-state index in [4.69, 9.17) is 4.74 Å². The molecule has 8 unspecified atom stereocenters. The van der Waals surface area contributed by atoms with Gasteiger partial charge in [-0.15, -0.1) is 0 Å². The van der Waals surface area contributed by atoms with Crippen molar-refractivity contribution >= 4 is 5.97 Å². The van der Waals surface area contributed by atoms with Crippen LogP contribution in [-0.2, 0) is 9.53 Å². The van der Waals surface area contributed by atoms with Crippen LogP contribution >= 0.6 is 0 Å². The van der Waals surface area contributed by atoms with Crippen molar-refractivity contribution in [1.82, 2.24) is 0 Å². The summed E-state index contributed by atoms with van der Waals surface area (Å²) in [5.74, 6) is 4.50. The van der Waals surface area contributed by atoms with Crippen LogP contribution in [0.15, 0.2) is 11.6 Å². The van der Waals surface area contributed by atoms with Gasteiger partial charge in [-0.05, 0) is 85.9 Å². The van der Waals surface area contributed by atoms with E-state index in [0.717, 1.165) is 48.9 Å². The molecule has 1 N–H and O–H groups in total. The molecule has 3 saturated carbocycles. The Kier molecular flexibility index (Phi) is 7.16. The summed E-state index contributed by atoms with van der Waals surface area (Å²) in [6.45, 7) is 11.6. The lowest BCUT2D eigenvalue weighted by Crippen LogP contribution is -2.53. The van der Waals surface area contributed by atoms with E-state index in [1.807, 2.05) is 0 Å². The van der Waals surface area contributed by atoms with Gasteiger partial charge in [0, 0.05) is 18.8 Å². The Bertz CT molecular complexity index is 711. The second-order valence-electron chi connectivity index (χ2n) is 12.7. The van der Waals surface area contributed by atoms with Crippen LogP contribution in [0, 0.1) is 46.3 Å². The topological polar surface area (TPSA) is 46.5 Å². The summed E-state index contributed by atoms with van der Waals surface area (Å²) in [5.41, 5.74) is 1.83. The summed E-state index contributed by atoms with van der Waals surface area (Å²) in [4.78, 5) is 11.5. The molecule has 0 amide bonds. The molecule has 0 aromatic carbocycles. The fraction of sp³-hybridized carbons (Fsp3) is 0.897. The quantitative estimate of drug-likeness (QED) is 0.342. The molecule has 0 spiro atoms. The van der Waals surface area contributed by atoms with Gasteiger partial charge in [0.05, 0.1) is 6.61 Å². The molecule has 32 heavy (non-hydrogen) atoms. The van der Waals surface area contributed by atoms with Crippen LogP contribution in [0.25, 0.3) is 0 Å². The van der Waals surface area contributed by atoms with Gasteiger partial charge < -0.3 is 9.84 Å². The summed E-state index contributed by atoms with van der Waals surface area (Å²) in [6.07, 6.45) is 15.9. The number of aliphatic hydroxyl groups is 1. The van der Waals surface area contributed by atoms with Gasteiger partial charge in [0.15, 0.2) is 0 Å². The maximum atomic E-state index is 11.5. The zero-order valence-corrected chi connectivity index (χ0v) is 21.4. The Morgan fingerprint density at radius 1 is 1.12 bits per heavy atom. The number of fused-ring (bicyclic) bond motifs is 5. The Morgan fingerprint density at radius 2 is 1.91 bits per heavy atom. The smallest absolute Gasteiger partial charge is 0.302 e. The minimum absolute atomic E-state index is 0.00591. The second kappa shape index (κ2) is 9.43. The Hall–Kier alpha value is -0.830. The molecule has 0 aromatic rings. The molecule has 0 bridgehead atoms. The van der Waals surface area contributed by atoms with Crippen molar-refractivity contribution in [3.05, 3.63) is 11.6 Å². The van der Waals surface area contributed by atoms with Crippen molar-refractivity contribution in [2.45, 2.75) is 111 Å². The van der Waals surface area contributed by atoms with E-state index in [-0.39, 0.29) is 24.1 Å². The highest BCUT2D eigenvalue weighted by Crippen LogP contribution is 2.67. The van der Waals surface area contributed by atoms with Gasteiger partial charge in [-0.1, -0.05) is 58.6 Å². The van der Waals surface area contributed by atoms with E-state index in [2.05, 4.69) is 33.8 Å². The Labute approximate surface area is 196 Å². The fourth-order valence-electron chi connectivity index (χ4n) is 9.08. The van der Waals surface area contributed by atoms with Crippen LogP contribution in [0.5, 0.6) is 0 Å². The normalized spacial score (nSPS) is 42.0. The van der Waals surface area contributed by atoms with Gasteiger partial charge in [-0.25, -0.2) is 0 Å². The van der Waals surface area contributed by atoms with Crippen LogP contribution in [0.3, 0.4) is 0 Å². The maximum absolute atomic E-state index is 11.5. The van der Waals surface area contributed by atoms with Crippen molar-refractivity contribution < 1.29 is 14.6 Å². The molecular formula is C29H48O3. The lowest BCUT2D eigenvalue weighted by molar-refractivity contribution is -0.149. The van der Waals surface area contributed by atoms with Crippen LogP contribution in [-0.4, -0.2) is 23.8 Å². The lowest BCUT2D eigenvalue weighted by atomic mass is 9.46. The van der Waals surface area contributed by atoms with Crippen LogP contribution in [0.1, 0.15) is 105 Å². The molecule has 3 heteroatoms. The maximum Gasteiger partial charge on any atom is 0.302 e. The van der Waals surface area contributed by atoms with E-state index in [9.17, 15) is 9.90 Å². The van der Waals surface area contributed by atoms with Crippen molar-refractivity contribution in [3.63, 3.8) is 0 Å². The molecule has 4 aliphatic carbocycles. The third-order valence-corrected chi connectivity index (χ3v) is 10.6. The molecule has 0 aromatic heterocycles. The number of ether oxygens (including phenoxy) is 1. The largest absolute Gasteiger partial charge is 0.462 e. The van der Waals surface area contributed by atoms with E-state index < -0.39 is 0 Å². The SMILES string of the molecule is CC(=O)OC1CCC2(CO)C(=CCC3C2CCC2(C)C(C(C)CCCC(C)C)CCC32)C1. The number of allylic oxidation sites excluding steroid dienone is 1. The molecule has 182 valence electrons. The number of rotatable bonds is 7. The number of hydrogen-bond acceptors (Lipinski definition) is 3. The monoisotopic (exact) mass is 444 g/mol. The minimum atomic E-state index is -0.172. The van der Waals surface area contributed by atoms with Crippen molar-refractivity contribution in [3.8, 4) is 0 Å². The number of carbonyl (C=O) groups excluding carboxylic acids is 1. The van der Waals surface area contributed by atoms with Gasteiger partial charge in [0.2, 0.25) is 0 Å². The third kappa shape index (κ3) is 4.21. The highest BCUT2D eigenvalue weighted by Gasteiger charge is 2.60. The molecule has 3 nitrogen and oxygen atoms in total. The predicted octanol–water partition coefficient (Wildman–Crippen LogP) is 6.93. The summed E-state index contributed by atoms with van der Waals surface area (Å²) in [6, 6.07) is 0. The molecule has 4 aliphatic rings. The van der Waals surface area contributed by atoms with Gasteiger partial charge in [0.25, 0.3) is 0 Å². The average molecular weight is 445 g/mol. The zero-order valence-electron chi connectivity index (χ0n) is 21.4. The first-order chi connectivity index (χ1) is 15.2. The number of carbonyl (C=O) groups is 1. The Balaban J connectivity index is 1.50. The van der Waals surface area contributed by atoms with Crippen LogP contribution in [0.4, 0.5) is 0 Å². The van der Waals surface area contributed by atoms with E-state index >= 15 is 0 Å². The zero-order chi connectivity index (χ0) is 23.1. The summed E-state index contributed by atoms with van der Waals surface area (Å²) >= 11 is 0. The van der Waals surface area contributed by atoms with Crippen molar-refractivity contribution in [1.29, 1.82) is 0 Å².